The lowest BCUT2D eigenvalue weighted by atomic mass is 9.83. The lowest BCUT2D eigenvalue weighted by molar-refractivity contribution is -0.302. The molecule has 8 nitrogen and oxygen atoms in total. The molecule has 4 aliphatic rings. The maximum atomic E-state index is 11.9. The van der Waals surface area contributed by atoms with E-state index in [-0.39, 0.29) is 10.8 Å². The third-order valence-electron chi connectivity index (χ3n) is 5.19. The predicted molar refractivity (Wildman–Crippen MR) is 71.5 cm³/mol. The van der Waals surface area contributed by atoms with Crippen LogP contribution in [0.5, 0.6) is 0 Å². The average Bonchev–Trinajstić information content (AvgIpc) is 3.18. The number of esters is 2. The molecule has 0 saturated carbocycles. The van der Waals surface area contributed by atoms with Gasteiger partial charge in [0.15, 0.2) is 0 Å². The lowest BCUT2D eigenvalue weighted by Crippen LogP contribution is -2.57. The van der Waals surface area contributed by atoms with Gasteiger partial charge in [-0.1, -0.05) is 0 Å². The van der Waals surface area contributed by atoms with E-state index in [0.717, 1.165) is 39.0 Å². The minimum absolute atomic E-state index is 0.181. The Morgan fingerprint density at radius 2 is 1.32 bits per heavy atom. The van der Waals surface area contributed by atoms with Gasteiger partial charge in [-0.15, -0.1) is 0 Å². The minimum atomic E-state index is -1.01. The topological polar surface area (TPSA) is 95.1 Å². The largest absolute Gasteiger partial charge is 0.427 e. The molecule has 2 N–H and O–H groups in total. The van der Waals surface area contributed by atoms with Crippen molar-refractivity contribution in [2.45, 2.75) is 25.4 Å². The fourth-order valence-electron chi connectivity index (χ4n) is 3.56. The van der Waals surface area contributed by atoms with Gasteiger partial charge >= 0.3 is 11.9 Å². The van der Waals surface area contributed by atoms with Crippen molar-refractivity contribution in [2.24, 2.45) is 10.8 Å². The van der Waals surface area contributed by atoms with Crippen LogP contribution >= 0.6 is 0 Å². The van der Waals surface area contributed by atoms with Gasteiger partial charge in [-0.25, -0.2) is 9.59 Å². The number of carbonyl (C=O) groups is 2. The maximum absolute atomic E-state index is 11.9. The normalized spacial score (nSPS) is 42.9. The molecule has 2 spiro atoms. The van der Waals surface area contributed by atoms with Crippen LogP contribution in [0.2, 0.25) is 0 Å². The van der Waals surface area contributed by atoms with Crippen LogP contribution in [-0.4, -0.2) is 63.9 Å². The Morgan fingerprint density at radius 1 is 0.864 bits per heavy atom. The molecule has 0 aromatic carbocycles. The Bertz CT molecular complexity index is 440. The predicted octanol–water partition coefficient (Wildman–Crippen LogP) is -1.26. The summed E-state index contributed by atoms with van der Waals surface area (Å²) in [5.74, 6) is -2.01. The van der Waals surface area contributed by atoms with Crippen LogP contribution in [0.4, 0.5) is 0 Å². The molecule has 0 aromatic heterocycles. The first-order valence-corrected chi connectivity index (χ1v) is 7.70. The van der Waals surface area contributed by atoms with Crippen molar-refractivity contribution in [1.82, 2.24) is 10.6 Å². The molecule has 22 heavy (non-hydrogen) atoms. The fourth-order valence-corrected chi connectivity index (χ4v) is 3.56. The smallest absolute Gasteiger partial charge is 0.419 e. The Kier molecular flexibility index (Phi) is 3.37. The van der Waals surface area contributed by atoms with E-state index in [9.17, 15) is 9.59 Å². The number of rotatable bonds is 2. The second-order valence-electron chi connectivity index (χ2n) is 6.67. The Hall–Kier alpha value is -1.22. The molecule has 4 heterocycles. The SMILES string of the molecule is O=C(OC1OCC12CCNC2)C(=O)OC1OCC12CCNC2. The molecule has 8 heteroatoms. The molecule has 4 rings (SSSR count). The number of hydrogen-bond acceptors (Lipinski definition) is 8. The summed E-state index contributed by atoms with van der Waals surface area (Å²) in [5, 5.41) is 6.43. The van der Waals surface area contributed by atoms with E-state index in [1.54, 1.807) is 0 Å². The molecule has 4 aliphatic heterocycles. The van der Waals surface area contributed by atoms with E-state index in [4.69, 9.17) is 18.9 Å². The van der Waals surface area contributed by atoms with E-state index in [1.165, 1.54) is 0 Å². The third-order valence-corrected chi connectivity index (χ3v) is 5.19. The summed E-state index contributed by atoms with van der Waals surface area (Å²) in [5.41, 5.74) is -0.362. The fraction of sp³-hybridized carbons (Fsp3) is 0.857. The summed E-state index contributed by atoms with van der Waals surface area (Å²) in [6.07, 6.45) is 0.431. The van der Waals surface area contributed by atoms with Crippen LogP contribution in [0.15, 0.2) is 0 Å². The minimum Gasteiger partial charge on any atom is -0.427 e. The van der Waals surface area contributed by atoms with E-state index >= 15 is 0 Å². The molecule has 0 bridgehead atoms. The van der Waals surface area contributed by atoms with Crippen molar-refractivity contribution in [3.8, 4) is 0 Å². The highest BCUT2D eigenvalue weighted by Crippen LogP contribution is 2.42. The van der Waals surface area contributed by atoms with Gasteiger partial charge in [0.05, 0.1) is 24.0 Å². The quantitative estimate of drug-likeness (QED) is 0.482. The van der Waals surface area contributed by atoms with Gasteiger partial charge in [0.25, 0.3) is 0 Å². The molecule has 4 saturated heterocycles. The van der Waals surface area contributed by atoms with Crippen molar-refractivity contribution in [3.05, 3.63) is 0 Å². The standard InChI is InChI=1S/C14H20N2O6/c17-9(21-11-13(7-19-11)1-3-15-5-13)10(18)22-12-14(8-20-12)2-4-16-6-14/h11-12,15-16H,1-8H2. The summed E-state index contributed by atoms with van der Waals surface area (Å²) < 4.78 is 20.9. The van der Waals surface area contributed by atoms with Gasteiger partial charge in [0, 0.05) is 13.1 Å². The van der Waals surface area contributed by atoms with Gasteiger partial charge in [-0.05, 0) is 25.9 Å². The Labute approximate surface area is 127 Å². The first-order chi connectivity index (χ1) is 10.6. The molecule has 0 radical (unpaired) electrons. The summed E-state index contributed by atoms with van der Waals surface area (Å²) in [6.45, 7) is 4.31. The second kappa shape index (κ2) is 5.16. The number of hydrogen-bond donors (Lipinski definition) is 2. The number of ether oxygens (including phenoxy) is 4. The summed E-state index contributed by atoms with van der Waals surface area (Å²) in [7, 11) is 0. The zero-order chi connectivity index (χ0) is 15.2. The van der Waals surface area contributed by atoms with Crippen LogP contribution in [0.3, 0.4) is 0 Å². The Morgan fingerprint density at radius 3 is 1.59 bits per heavy atom. The van der Waals surface area contributed by atoms with Crippen molar-refractivity contribution in [1.29, 1.82) is 0 Å². The first kappa shape index (κ1) is 14.4. The van der Waals surface area contributed by atoms with E-state index in [0.29, 0.717) is 13.2 Å². The third kappa shape index (κ3) is 2.13. The second-order valence-corrected chi connectivity index (χ2v) is 6.67. The molecule has 4 unspecified atom stereocenters. The van der Waals surface area contributed by atoms with Gasteiger partial charge in [-0.3, -0.25) is 0 Å². The van der Waals surface area contributed by atoms with E-state index < -0.39 is 24.5 Å². The molecule has 122 valence electrons. The molecule has 0 aromatic rings. The highest BCUT2D eigenvalue weighted by Gasteiger charge is 2.55. The van der Waals surface area contributed by atoms with Crippen LogP contribution in [0, 0.1) is 10.8 Å². The van der Waals surface area contributed by atoms with Crippen LogP contribution in [-0.2, 0) is 28.5 Å². The van der Waals surface area contributed by atoms with E-state index in [2.05, 4.69) is 10.6 Å². The molecule has 0 amide bonds. The monoisotopic (exact) mass is 312 g/mol. The van der Waals surface area contributed by atoms with Crippen LogP contribution in [0.25, 0.3) is 0 Å². The van der Waals surface area contributed by atoms with Gasteiger partial charge in [0.2, 0.25) is 12.6 Å². The molecule has 0 aliphatic carbocycles. The van der Waals surface area contributed by atoms with Gasteiger partial charge in [0.1, 0.15) is 0 Å². The zero-order valence-electron chi connectivity index (χ0n) is 12.3. The summed E-state index contributed by atoms with van der Waals surface area (Å²) >= 11 is 0. The van der Waals surface area contributed by atoms with Gasteiger partial charge in [-0.2, -0.15) is 0 Å². The van der Waals surface area contributed by atoms with Crippen molar-refractivity contribution < 1.29 is 28.5 Å². The zero-order valence-corrected chi connectivity index (χ0v) is 12.3. The molecular weight excluding hydrogens is 292 g/mol. The Balaban J connectivity index is 1.30. The maximum Gasteiger partial charge on any atom is 0.419 e. The molecular formula is C14H20N2O6. The highest BCUT2D eigenvalue weighted by molar-refractivity contribution is 6.29. The van der Waals surface area contributed by atoms with Gasteiger partial charge < -0.3 is 29.6 Å². The van der Waals surface area contributed by atoms with E-state index in [1.807, 2.05) is 0 Å². The lowest BCUT2D eigenvalue weighted by Gasteiger charge is -2.45. The number of carbonyl (C=O) groups excluding carboxylic acids is 2. The summed E-state index contributed by atoms with van der Waals surface area (Å²) in [4.78, 5) is 23.8. The first-order valence-electron chi connectivity index (χ1n) is 7.70. The molecule has 4 atom stereocenters. The van der Waals surface area contributed by atoms with Crippen molar-refractivity contribution >= 4 is 11.9 Å². The average molecular weight is 312 g/mol. The van der Waals surface area contributed by atoms with Crippen LogP contribution in [0.1, 0.15) is 12.8 Å². The molecule has 4 fully saturated rings. The van der Waals surface area contributed by atoms with Crippen LogP contribution < -0.4 is 10.6 Å². The van der Waals surface area contributed by atoms with Crippen molar-refractivity contribution in [2.75, 3.05) is 39.4 Å². The van der Waals surface area contributed by atoms with Crippen molar-refractivity contribution in [3.63, 3.8) is 0 Å². The number of nitrogens with one attached hydrogen (secondary N) is 2. The summed E-state index contributed by atoms with van der Waals surface area (Å²) in [6, 6.07) is 0. The highest BCUT2D eigenvalue weighted by atomic mass is 16.8.